The Morgan fingerprint density at radius 2 is 1.88 bits per heavy atom. The molecule has 0 bridgehead atoms. The minimum Gasteiger partial charge on any atom is -0.451 e. The van der Waals surface area contributed by atoms with E-state index in [1.165, 1.54) is 0 Å². The van der Waals surface area contributed by atoms with Gasteiger partial charge in [-0.05, 0) is 32.5 Å². The van der Waals surface area contributed by atoms with Crippen molar-refractivity contribution in [3.63, 3.8) is 0 Å². The lowest BCUT2D eigenvalue weighted by Gasteiger charge is -2.41. The Morgan fingerprint density at radius 1 is 1.16 bits per heavy atom. The molecule has 2 aliphatic heterocycles. The third-order valence-electron chi connectivity index (χ3n) is 5.50. The molecule has 1 amide bonds. The normalized spacial score (nSPS) is 26.1. The maximum Gasteiger partial charge on any atom is 0.290 e. The maximum atomic E-state index is 13.2. The van der Waals surface area contributed by atoms with Gasteiger partial charge in [0.1, 0.15) is 5.58 Å². The first-order valence-electron chi connectivity index (χ1n) is 8.48. The summed E-state index contributed by atoms with van der Waals surface area (Å²) in [7, 11) is -1.19. The first-order valence-corrected chi connectivity index (χ1v) is 10.3. The lowest BCUT2D eigenvalue weighted by molar-refractivity contribution is 0.0383. The molecule has 1 aromatic carbocycles. The number of likely N-dealkylation sites (N-methyl/N-ethyl adjacent to an activating group) is 1. The van der Waals surface area contributed by atoms with Gasteiger partial charge in [-0.15, -0.1) is 0 Å². The minimum atomic E-state index is -3.12. The summed E-state index contributed by atoms with van der Waals surface area (Å²) in [6, 6.07) is 5.45. The van der Waals surface area contributed by atoms with Crippen LogP contribution in [0.2, 0.25) is 0 Å². The van der Waals surface area contributed by atoms with Crippen LogP contribution in [0, 0.1) is 13.8 Å². The molecule has 2 aliphatic rings. The SMILES string of the molecule is Cc1ccc2c(C)c(C(=O)N3CCN(C)[C@@H]4CS(=O)(=O)C[C@@H]43)oc2c1. The van der Waals surface area contributed by atoms with Crippen LogP contribution in [0.15, 0.2) is 22.6 Å². The quantitative estimate of drug-likeness (QED) is 0.771. The van der Waals surface area contributed by atoms with Gasteiger partial charge in [-0.2, -0.15) is 0 Å². The Hall–Kier alpha value is -1.86. The number of benzene rings is 1. The number of furan rings is 1. The van der Waals surface area contributed by atoms with Crippen molar-refractivity contribution in [2.45, 2.75) is 25.9 Å². The van der Waals surface area contributed by atoms with E-state index >= 15 is 0 Å². The van der Waals surface area contributed by atoms with Crippen LogP contribution in [0.1, 0.15) is 21.7 Å². The highest BCUT2D eigenvalue weighted by molar-refractivity contribution is 7.91. The van der Waals surface area contributed by atoms with Crippen LogP contribution in [-0.4, -0.2) is 67.9 Å². The molecule has 2 saturated heterocycles. The fourth-order valence-electron chi connectivity index (χ4n) is 4.05. The molecule has 1 aromatic heterocycles. The van der Waals surface area contributed by atoms with E-state index in [9.17, 15) is 13.2 Å². The number of sulfone groups is 1. The summed E-state index contributed by atoms with van der Waals surface area (Å²) >= 11 is 0. The van der Waals surface area contributed by atoms with E-state index in [0.29, 0.717) is 24.4 Å². The number of nitrogens with zero attached hydrogens (tertiary/aromatic N) is 2. The third-order valence-corrected chi connectivity index (χ3v) is 7.20. The molecule has 4 rings (SSSR count). The van der Waals surface area contributed by atoms with E-state index in [1.807, 2.05) is 44.0 Å². The first-order chi connectivity index (χ1) is 11.8. The van der Waals surface area contributed by atoms with Crippen LogP contribution in [0.5, 0.6) is 0 Å². The molecule has 0 unspecified atom stereocenters. The second-order valence-electron chi connectivity index (χ2n) is 7.25. The van der Waals surface area contributed by atoms with Crippen LogP contribution in [-0.2, 0) is 9.84 Å². The van der Waals surface area contributed by atoms with Gasteiger partial charge in [0.2, 0.25) is 0 Å². The largest absolute Gasteiger partial charge is 0.451 e. The molecule has 0 aliphatic carbocycles. The van der Waals surface area contributed by atoms with Crippen molar-refractivity contribution in [1.82, 2.24) is 9.80 Å². The number of piperazine rings is 1. The zero-order chi connectivity index (χ0) is 17.9. The Balaban J connectivity index is 1.72. The van der Waals surface area contributed by atoms with Gasteiger partial charge in [0.15, 0.2) is 15.6 Å². The lowest BCUT2D eigenvalue weighted by atomic mass is 10.0. The summed E-state index contributed by atoms with van der Waals surface area (Å²) in [6.07, 6.45) is 0. The summed E-state index contributed by atoms with van der Waals surface area (Å²) in [5.74, 6) is 0.280. The highest BCUT2D eigenvalue weighted by Crippen LogP contribution is 2.31. The fraction of sp³-hybridized carbons (Fsp3) is 0.500. The van der Waals surface area contributed by atoms with E-state index < -0.39 is 9.84 Å². The molecule has 2 aromatic rings. The Morgan fingerprint density at radius 3 is 2.64 bits per heavy atom. The predicted molar refractivity (Wildman–Crippen MR) is 95.6 cm³/mol. The summed E-state index contributed by atoms with van der Waals surface area (Å²) in [5, 5.41) is 0.929. The van der Waals surface area contributed by atoms with Gasteiger partial charge in [0.25, 0.3) is 5.91 Å². The molecule has 3 heterocycles. The number of aryl methyl sites for hydroxylation is 2. The molecule has 2 atom stereocenters. The second-order valence-corrected chi connectivity index (χ2v) is 9.40. The van der Waals surface area contributed by atoms with E-state index in [2.05, 4.69) is 0 Å². The molecular weight excluding hydrogens is 340 g/mol. The summed E-state index contributed by atoms with van der Waals surface area (Å²) in [4.78, 5) is 16.9. The average Bonchev–Trinajstić information content (AvgIpc) is 3.04. The molecule has 0 N–H and O–H groups in total. The Bertz CT molecular complexity index is 963. The van der Waals surface area contributed by atoms with E-state index in [0.717, 1.165) is 16.5 Å². The van der Waals surface area contributed by atoms with Gasteiger partial charge < -0.3 is 9.32 Å². The predicted octanol–water partition coefficient (Wildman–Crippen LogP) is 1.60. The first kappa shape index (κ1) is 16.6. The van der Waals surface area contributed by atoms with Crippen LogP contribution in [0.25, 0.3) is 11.0 Å². The number of carbonyl (C=O) groups excluding carboxylic acids is 1. The van der Waals surface area contributed by atoms with Crippen LogP contribution in [0.4, 0.5) is 0 Å². The molecule has 0 radical (unpaired) electrons. The summed E-state index contributed by atoms with van der Waals surface area (Å²) < 4.78 is 30.1. The van der Waals surface area contributed by atoms with Gasteiger partial charge >= 0.3 is 0 Å². The Labute approximate surface area is 147 Å². The third kappa shape index (κ3) is 2.66. The van der Waals surface area contributed by atoms with E-state index in [1.54, 1.807) is 4.90 Å². The van der Waals surface area contributed by atoms with Crippen molar-refractivity contribution in [2.24, 2.45) is 0 Å². The molecule has 7 heteroatoms. The molecule has 25 heavy (non-hydrogen) atoms. The second kappa shape index (κ2) is 5.57. The smallest absolute Gasteiger partial charge is 0.290 e. The van der Waals surface area contributed by atoms with Crippen molar-refractivity contribution in [2.75, 3.05) is 31.6 Å². The number of fused-ring (bicyclic) bond motifs is 2. The van der Waals surface area contributed by atoms with Crippen molar-refractivity contribution >= 4 is 26.7 Å². The molecule has 0 saturated carbocycles. The average molecular weight is 362 g/mol. The molecule has 2 fully saturated rings. The molecule has 6 nitrogen and oxygen atoms in total. The highest BCUT2D eigenvalue weighted by atomic mass is 32.2. The van der Waals surface area contributed by atoms with Crippen molar-refractivity contribution < 1.29 is 17.6 Å². The number of amides is 1. The van der Waals surface area contributed by atoms with Crippen molar-refractivity contribution in [3.05, 3.63) is 35.1 Å². The van der Waals surface area contributed by atoms with Crippen molar-refractivity contribution in [1.29, 1.82) is 0 Å². The molecule has 134 valence electrons. The van der Waals surface area contributed by atoms with Crippen LogP contribution in [0.3, 0.4) is 0 Å². The number of hydrogen-bond acceptors (Lipinski definition) is 5. The number of carbonyl (C=O) groups is 1. The zero-order valence-corrected chi connectivity index (χ0v) is 15.5. The summed E-state index contributed by atoms with van der Waals surface area (Å²) in [6.45, 7) is 5.04. The monoisotopic (exact) mass is 362 g/mol. The van der Waals surface area contributed by atoms with Gasteiger partial charge in [-0.25, -0.2) is 8.42 Å². The summed E-state index contributed by atoms with van der Waals surface area (Å²) in [5.41, 5.74) is 2.59. The number of rotatable bonds is 1. The maximum absolute atomic E-state index is 13.2. The van der Waals surface area contributed by atoms with Crippen LogP contribution < -0.4 is 0 Å². The van der Waals surface area contributed by atoms with E-state index in [4.69, 9.17) is 4.42 Å². The minimum absolute atomic E-state index is 0.0339. The van der Waals surface area contributed by atoms with Crippen molar-refractivity contribution in [3.8, 4) is 0 Å². The fourth-order valence-corrected chi connectivity index (χ4v) is 6.10. The van der Waals surface area contributed by atoms with Crippen LogP contribution >= 0.6 is 0 Å². The molecule has 0 spiro atoms. The standard InChI is InChI=1S/C18H22N2O4S/c1-11-4-5-13-12(2)17(24-16(13)8-11)18(21)20-7-6-19(3)14-9-25(22,23)10-15(14)20/h4-5,8,14-15H,6-7,9-10H2,1-3H3/t14-,15+/m1/s1. The zero-order valence-electron chi connectivity index (χ0n) is 14.7. The number of hydrogen-bond donors (Lipinski definition) is 0. The van der Waals surface area contributed by atoms with Gasteiger partial charge in [0, 0.05) is 30.1 Å². The topological polar surface area (TPSA) is 70.8 Å². The van der Waals surface area contributed by atoms with Gasteiger partial charge in [0.05, 0.1) is 17.5 Å². The molecular formula is C18H22N2O4S. The van der Waals surface area contributed by atoms with Gasteiger partial charge in [-0.1, -0.05) is 12.1 Å². The Kier molecular flexibility index (Phi) is 3.70. The lowest BCUT2D eigenvalue weighted by Crippen LogP contribution is -2.59. The van der Waals surface area contributed by atoms with E-state index in [-0.39, 0.29) is 29.5 Å². The highest BCUT2D eigenvalue weighted by Gasteiger charge is 2.47. The van der Waals surface area contributed by atoms with Gasteiger partial charge in [-0.3, -0.25) is 9.69 Å².